The topological polar surface area (TPSA) is 38.3 Å². The fourth-order valence-corrected chi connectivity index (χ4v) is 4.57. The highest BCUT2D eigenvalue weighted by Crippen LogP contribution is 2.61. The summed E-state index contributed by atoms with van der Waals surface area (Å²) in [6.45, 7) is 3.28. The van der Waals surface area contributed by atoms with E-state index in [0.29, 0.717) is 17.6 Å². The van der Waals surface area contributed by atoms with E-state index in [4.69, 9.17) is 4.74 Å². The monoisotopic (exact) mass is 401 g/mol. The molecule has 6 heteroatoms. The number of hydrogen-bond acceptors (Lipinski definition) is 2. The Morgan fingerprint density at radius 2 is 1.93 bits per heavy atom. The van der Waals surface area contributed by atoms with Gasteiger partial charge in [-0.05, 0) is 49.1 Å². The lowest BCUT2D eigenvalue weighted by molar-refractivity contribution is 0.0166. The van der Waals surface area contributed by atoms with Crippen molar-refractivity contribution < 1.29 is 22.7 Å². The van der Waals surface area contributed by atoms with Gasteiger partial charge in [0.15, 0.2) is 5.88 Å². The highest BCUT2D eigenvalue weighted by Gasteiger charge is 2.65. The number of carbonyl (C=O) groups is 1. The molecule has 152 valence electrons. The summed E-state index contributed by atoms with van der Waals surface area (Å²) < 4.78 is 49.8. The van der Waals surface area contributed by atoms with E-state index in [0.717, 1.165) is 0 Å². The van der Waals surface area contributed by atoms with Gasteiger partial charge in [0.05, 0.1) is 5.41 Å². The normalized spacial score (nSPS) is 25.4. The van der Waals surface area contributed by atoms with Crippen LogP contribution < -0.4 is 5.32 Å². The molecule has 1 fully saturated rings. The van der Waals surface area contributed by atoms with Crippen molar-refractivity contribution in [3.8, 4) is 0 Å². The zero-order valence-electron chi connectivity index (χ0n) is 16.2. The van der Waals surface area contributed by atoms with Gasteiger partial charge in [0.1, 0.15) is 11.9 Å². The van der Waals surface area contributed by atoms with E-state index in [1.54, 1.807) is 43.3 Å². The van der Waals surface area contributed by atoms with Crippen molar-refractivity contribution in [2.24, 2.45) is 5.92 Å². The molecular weight excluding hydrogens is 379 g/mol. The molecule has 2 aliphatic rings. The number of nitrogens with one attached hydrogen (secondary N) is 1. The second-order valence-corrected chi connectivity index (χ2v) is 7.56. The maximum absolute atomic E-state index is 14.8. The van der Waals surface area contributed by atoms with E-state index in [9.17, 15) is 18.0 Å². The van der Waals surface area contributed by atoms with Gasteiger partial charge in [-0.25, -0.2) is 13.2 Å². The molecule has 4 rings (SSSR count). The maximum atomic E-state index is 14.8. The van der Waals surface area contributed by atoms with E-state index in [1.807, 2.05) is 0 Å². The molecule has 2 aromatic carbocycles. The van der Waals surface area contributed by atoms with Gasteiger partial charge >= 0.3 is 0 Å². The van der Waals surface area contributed by atoms with E-state index in [2.05, 4.69) is 5.32 Å². The lowest BCUT2D eigenvalue weighted by Gasteiger charge is -2.41. The quantitative estimate of drug-likeness (QED) is 0.756. The fraction of sp³-hybridized carbons (Fsp3) is 0.348. The summed E-state index contributed by atoms with van der Waals surface area (Å²) >= 11 is 0. The van der Waals surface area contributed by atoms with Gasteiger partial charge in [-0.15, -0.1) is 0 Å². The van der Waals surface area contributed by atoms with Crippen molar-refractivity contribution in [1.82, 2.24) is 5.32 Å². The summed E-state index contributed by atoms with van der Waals surface area (Å²) in [5, 5.41) is 2.70. The molecular formula is C23H22F3NO2. The molecule has 0 spiro atoms. The van der Waals surface area contributed by atoms with Gasteiger partial charge in [0, 0.05) is 17.1 Å². The highest BCUT2D eigenvalue weighted by atomic mass is 19.3. The minimum atomic E-state index is -2.76. The second-order valence-electron chi connectivity index (χ2n) is 7.56. The molecule has 3 atom stereocenters. The third-order valence-corrected chi connectivity index (χ3v) is 6.03. The van der Waals surface area contributed by atoms with Crippen LogP contribution in [-0.2, 0) is 10.2 Å². The predicted octanol–water partition coefficient (Wildman–Crippen LogP) is 5.11. The Balaban J connectivity index is 1.85. The van der Waals surface area contributed by atoms with Crippen LogP contribution in [-0.4, -0.2) is 18.4 Å². The van der Waals surface area contributed by atoms with Gasteiger partial charge < -0.3 is 4.74 Å². The molecule has 0 radical (unpaired) electrons. The van der Waals surface area contributed by atoms with Gasteiger partial charge in [-0.2, -0.15) is 0 Å². The average Bonchev–Trinajstić information content (AvgIpc) is 3.49. The van der Waals surface area contributed by atoms with Crippen LogP contribution in [0.15, 0.2) is 60.0 Å². The number of alkyl halides is 2. The summed E-state index contributed by atoms with van der Waals surface area (Å²) in [6, 6.07) is 12.8. The van der Waals surface area contributed by atoms with Crippen molar-refractivity contribution in [2.45, 2.75) is 44.6 Å². The minimum Gasteiger partial charge on any atom is -0.475 e. The van der Waals surface area contributed by atoms with Crippen LogP contribution in [0, 0.1) is 18.7 Å². The Kier molecular flexibility index (Phi) is 4.89. The van der Waals surface area contributed by atoms with Crippen molar-refractivity contribution >= 4 is 5.91 Å². The lowest BCUT2D eigenvalue weighted by atomic mass is 9.67. The lowest BCUT2D eigenvalue weighted by Crippen LogP contribution is -2.46. The number of fused-ring (bicyclic) bond motifs is 1. The van der Waals surface area contributed by atoms with Crippen molar-refractivity contribution in [2.75, 3.05) is 0 Å². The molecule has 1 heterocycles. The number of hydrogen-bond donors (Lipinski definition) is 1. The van der Waals surface area contributed by atoms with E-state index in [1.165, 1.54) is 19.1 Å². The largest absolute Gasteiger partial charge is 0.475 e. The number of allylic oxidation sites excluding steroid dienone is 1. The Labute approximate surface area is 167 Å². The number of ether oxygens (including phenoxy) is 1. The summed E-state index contributed by atoms with van der Waals surface area (Å²) in [7, 11) is 0. The molecule has 1 amide bonds. The standard InChI is InChI=1S/C23H22F3NO2/c1-3-15-21(27-20(28)14-8-5-4-6-9-14)29-19-12-17(19)23(15,22(25)26)16-10-7-11-18(24)13(16)2/h4-11,17,19,22H,3,12H2,1-2H3,(H,27,28). The smallest absolute Gasteiger partial charge is 0.257 e. The first-order valence-corrected chi connectivity index (χ1v) is 9.71. The first-order valence-electron chi connectivity index (χ1n) is 9.71. The highest BCUT2D eigenvalue weighted by molar-refractivity contribution is 5.95. The summed E-state index contributed by atoms with van der Waals surface area (Å²) in [5.74, 6) is -1.32. The first kappa shape index (κ1) is 19.6. The molecule has 1 saturated carbocycles. The molecule has 3 nitrogen and oxygen atoms in total. The Hall–Kier alpha value is -2.76. The fourth-order valence-electron chi connectivity index (χ4n) is 4.57. The van der Waals surface area contributed by atoms with E-state index >= 15 is 0 Å². The minimum absolute atomic E-state index is 0.0732. The van der Waals surface area contributed by atoms with E-state index < -0.39 is 35.6 Å². The van der Waals surface area contributed by atoms with Crippen LogP contribution in [0.1, 0.15) is 41.3 Å². The number of halogens is 3. The average molecular weight is 401 g/mol. The van der Waals surface area contributed by atoms with E-state index in [-0.39, 0.29) is 23.4 Å². The SMILES string of the molecule is CCC1=C(NC(=O)c2ccccc2)OC2CC2C1(c1cccc(F)c1C)C(F)F. The van der Waals surface area contributed by atoms with Crippen LogP contribution in [0.5, 0.6) is 0 Å². The molecule has 0 bridgehead atoms. The second kappa shape index (κ2) is 7.25. The molecule has 1 aliphatic carbocycles. The van der Waals surface area contributed by atoms with Gasteiger partial charge in [0.25, 0.3) is 12.3 Å². The zero-order valence-corrected chi connectivity index (χ0v) is 16.2. The molecule has 1 aliphatic heterocycles. The first-order chi connectivity index (χ1) is 13.9. The number of benzene rings is 2. The summed E-state index contributed by atoms with van der Waals surface area (Å²) in [5.41, 5.74) is -0.485. The molecule has 2 aromatic rings. The van der Waals surface area contributed by atoms with Crippen molar-refractivity contribution in [3.05, 3.63) is 82.5 Å². The van der Waals surface area contributed by atoms with Crippen molar-refractivity contribution in [3.63, 3.8) is 0 Å². The number of carbonyl (C=O) groups excluding carboxylic acids is 1. The molecule has 29 heavy (non-hydrogen) atoms. The summed E-state index contributed by atoms with van der Waals surface area (Å²) in [4.78, 5) is 12.7. The Morgan fingerprint density at radius 1 is 1.21 bits per heavy atom. The van der Waals surface area contributed by atoms with Gasteiger partial charge in [0.2, 0.25) is 0 Å². The molecule has 0 saturated heterocycles. The maximum Gasteiger partial charge on any atom is 0.257 e. The van der Waals surface area contributed by atoms with Crippen LogP contribution >= 0.6 is 0 Å². The van der Waals surface area contributed by atoms with Crippen LogP contribution in [0.4, 0.5) is 13.2 Å². The summed E-state index contributed by atoms with van der Waals surface area (Å²) in [6.07, 6.45) is -2.50. The third-order valence-electron chi connectivity index (χ3n) is 6.03. The number of amides is 1. The van der Waals surface area contributed by atoms with Gasteiger partial charge in [-0.1, -0.05) is 37.3 Å². The van der Waals surface area contributed by atoms with Crippen LogP contribution in [0.25, 0.3) is 0 Å². The number of rotatable bonds is 5. The van der Waals surface area contributed by atoms with Crippen molar-refractivity contribution in [1.29, 1.82) is 0 Å². The van der Waals surface area contributed by atoms with Crippen LogP contribution in [0.2, 0.25) is 0 Å². The molecule has 3 unspecified atom stereocenters. The Bertz CT molecular complexity index is 973. The third kappa shape index (κ3) is 3.02. The Morgan fingerprint density at radius 3 is 2.59 bits per heavy atom. The zero-order chi connectivity index (χ0) is 20.8. The van der Waals surface area contributed by atoms with Crippen LogP contribution in [0.3, 0.4) is 0 Å². The predicted molar refractivity (Wildman–Crippen MR) is 103 cm³/mol. The van der Waals surface area contributed by atoms with Gasteiger partial charge in [-0.3, -0.25) is 10.1 Å². The molecule has 1 N–H and O–H groups in total. The molecule has 0 aromatic heterocycles.